The summed E-state index contributed by atoms with van der Waals surface area (Å²) in [6, 6.07) is 10.4. The van der Waals surface area contributed by atoms with Gasteiger partial charge in [0.1, 0.15) is 5.82 Å². The van der Waals surface area contributed by atoms with Gasteiger partial charge in [-0.25, -0.2) is 4.39 Å². The SMILES string of the molecule is Fc1cc(CNc2ccc(Cl)cc2I)ccc1Cl. The molecule has 0 bridgehead atoms. The van der Waals surface area contributed by atoms with E-state index in [9.17, 15) is 4.39 Å². The van der Waals surface area contributed by atoms with Crippen molar-refractivity contribution in [3.8, 4) is 0 Å². The molecule has 1 nitrogen and oxygen atoms in total. The van der Waals surface area contributed by atoms with E-state index >= 15 is 0 Å². The van der Waals surface area contributed by atoms with Crippen LogP contribution in [0.2, 0.25) is 10.0 Å². The molecule has 2 aromatic rings. The monoisotopic (exact) mass is 395 g/mol. The highest BCUT2D eigenvalue weighted by Crippen LogP contribution is 2.23. The highest BCUT2D eigenvalue weighted by molar-refractivity contribution is 14.1. The van der Waals surface area contributed by atoms with Gasteiger partial charge in [0.2, 0.25) is 0 Å². The van der Waals surface area contributed by atoms with Crippen LogP contribution in [0.1, 0.15) is 5.56 Å². The van der Waals surface area contributed by atoms with Crippen LogP contribution in [0.4, 0.5) is 10.1 Å². The number of anilines is 1. The van der Waals surface area contributed by atoms with Crippen molar-refractivity contribution in [2.75, 3.05) is 5.32 Å². The molecular formula is C13H9Cl2FIN. The zero-order chi connectivity index (χ0) is 13.1. The number of halogens is 4. The molecule has 0 saturated carbocycles. The predicted octanol–water partition coefficient (Wildman–Crippen LogP) is 5.35. The van der Waals surface area contributed by atoms with Gasteiger partial charge in [-0.15, -0.1) is 0 Å². The van der Waals surface area contributed by atoms with Crippen LogP contribution in [0.15, 0.2) is 36.4 Å². The molecule has 0 radical (unpaired) electrons. The Morgan fingerprint density at radius 2 is 1.89 bits per heavy atom. The first-order valence-electron chi connectivity index (χ1n) is 5.19. The van der Waals surface area contributed by atoms with Gasteiger partial charge in [0.25, 0.3) is 0 Å². The van der Waals surface area contributed by atoms with Crippen LogP contribution in [0.25, 0.3) is 0 Å². The molecule has 18 heavy (non-hydrogen) atoms. The largest absolute Gasteiger partial charge is 0.380 e. The number of hydrogen-bond donors (Lipinski definition) is 1. The zero-order valence-corrected chi connectivity index (χ0v) is 12.9. The Morgan fingerprint density at radius 1 is 1.11 bits per heavy atom. The van der Waals surface area contributed by atoms with Gasteiger partial charge < -0.3 is 5.32 Å². The maximum Gasteiger partial charge on any atom is 0.142 e. The molecule has 0 spiro atoms. The third kappa shape index (κ3) is 3.49. The Bertz CT molecular complexity index is 575. The van der Waals surface area contributed by atoms with E-state index in [2.05, 4.69) is 27.9 Å². The number of benzene rings is 2. The van der Waals surface area contributed by atoms with Crippen LogP contribution in [-0.2, 0) is 6.54 Å². The first-order valence-corrected chi connectivity index (χ1v) is 7.02. The molecule has 2 aromatic carbocycles. The van der Waals surface area contributed by atoms with E-state index in [1.807, 2.05) is 18.2 Å². The van der Waals surface area contributed by atoms with E-state index in [4.69, 9.17) is 23.2 Å². The molecule has 0 aliphatic carbocycles. The van der Waals surface area contributed by atoms with Gasteiger partial charge in [-0.3, -0.25) is 0 Å². The molecular weight excluding hydrogens is 387 g/mol. The summed E-state index contributed by atoms with van der Waals surface area (Å²) in [6.45, 7) is 0.533. The van der Waals surface area contributed by atoms with Gasteiger partial charge in [-0.1, -0.05) is 29.3 Å². The minimum atomic E-state index is -0.401. The van der Waals surface area contributed by atoms with Crippen molar-refractivity contribution in [2.24, 2.45) is 0 Å². The second-order valence-corrected chi connectivity index (χ2v) is 5.73. The Labute approximate surface area is 128 Å². The normalized spacial score (nSPS) is 10.4. The van der Waals surface area contributed by atoms with E-state index < -0.39 is 5.82 Å². The van der Waals surface area contributed by atoms with Crippen LogP contribution >= 0.6 is 45.8 Å². The van der Waals surface area contributed by atoms with Crippen LogP contribution < -0.4 is 5.32 Å². The fourth-order valence-corrected chi connectivity index (χ4v) is 2.66. The smallest absolute Gasteiger partial charge is 0.142 e. The van der Waals surface area contributed by atoms with Gasteiger partial charge in [-0.05, 0) is 58.5 Å². The average molecular weight is 396 g/mol. The molecule has 0 saturated heterocycles. The minimum Gasteiger partial charge on any atom is -0.380 e. The third-order valence-electron chi connectivity index (χ3n) is 2.40. The van der Waals surface area contributed by atoms with E-state index in [0.717, 1.165) is 14.8 Å². The highest BCUT2D eigenvalue weighted by atomic mass is 127. The summed E-state index contributed by atoms with van der Waals surface area (Å²) < 4.78 is 14.3. The first kappa shape index (κ1) is 13.9. The van der Waals surface area contributed by atoms with Gasteiger partial charge in [0.05, 0.1) is 5.02 Å². The molecule has 0 amide bonds. The van der Waals surface area contributed by atoms with Crippen molar-refractivity contribution in [1.29, 1.82) is 0 Å². The van der Waals surface area contributed by atoms with E-state index in [1.54, 1.807) is 12.1 Å². The summed E-state index contributed by atoms with van der Waals surface area (Å²) in [5.74, 6) is -0.401. The Hall–Kier alpha value is -0.520. The molecule has 94 valence electrons. The lowest BCUT2D eigenvalue weighted by Gasteiger charge is -2.09. The van der Waals surface area contributed by atoms with Crippen molar-refractivity contribution in [3.63, 3.8) is 0 Å². The van der Waals surface area contributed by atoms with Crippen molar-refractivity contribution in [3.05, 3.63) is 61.4 Å². The fourth-order valence-electron chi connectivity index (χ4n) is 1.48. The average Bonchev–Trinajstić information content (AvgIpc) is 2.32. The van der Waals surface area contributed by atoms with Crippen molar-refractivity contribution in [2.45, 2.75) is 6.54 Å². The van der Waals surface area contributed by atoms with E-state index in [-0.39, 0.29) is 5.02 Å². The Morgan fingerprint density at radius 3 is 2.56 bits per heavy atom. The van der Waals surface area contributed by atoms with E-state index in [1.165, 1.54) is 6.07 Å². The molecule has 0 atom stereocenters. The van der Waals surface area contributed by atoms with Crippen LogP contribution in [0, 0.1) is 9.39 Å². The number of hydrogen-bond acceptors (Lipinski definition) is 1. The molecule has 5 heteroatoms. The molecule has 2 rings (SSSR count). The molecule has 0 aliphatic heterocycles. The van der Waals surface area contributed by atoms with Crippen molar-refractivity contribution in [1.82, 2.24) is 0 Å². The maximum absolute atomic E-state index is 13.3. The number of rotatable bonds is 3. The summed E-state index contributed by atoms with van der Waals surface area (Å²) in [4.78, 5) is 0. The summed E-state index contributed by atoms with van der Waals surface area (Å²) in [5.41, 5.74) is 1.80. The van der Waals surface area contributed by atoms with Gasteiger partial charge in [-0.2, -0.15) is 0 Å². The number of nitrogens with one attached hydrogen (secondary N) is 1. The molecule has 0 heterocycles. The molecule has 0 aliphatic rings. The Balaban J connectivity index is 2.09. The second kappa shape index (κ2) is 6.08. The predicted molar refractivity (Wildman–Crippen MR) is 82.9 cm³/mol. The zero-order valence-electron chi connectivity index (χ0n) is 9.18. The summed E-state index contributed by atoms with van der Waals surface area (Å²) in [7, 11) is 0. The minimum absolute atomic E-state index is 0.139. The lowest BCUT2D eigenvalue weighted by Crippen LogP contribution is -2.01. The lowest BCUT2D eigenvalue weighted by atomic mass is 10.2. The standard InChI is InChI=1S/C13H9Cl2FIN/c14-9-2-4-13(12(17)6-9)18-7-8-1-3-10(15)11(16)5-8/h1-6,18H,7H2. The second-order valence-electron chi connectivity index (χ2n) is 3.73. The maximum atomic E-state index is 13.3. The fraction of sp³-hybridized carbons (Fsp3) is 0.0769. The van der Waals surface area contributed by atoms with Crippen molar-refractivity contribution >= 4 is 51.5 Å². The van der Waals surface area contributed by atoms with Gasteiger partial charge in [0.15, 0.2) is 0 Å². The third-order valence-corrected chi connectivity index (χ3v) is 3.83. The highest BCUT2D eigenvalue weighted by Gasteiger charge is 2.03. The molecule has 0 fully saturated rings. The summed E-state index contributed by atoms with van der Waals surface area (Å²) in [6.07, 6.45) is 0. The van der Waals surface area contributed by atoms with Crippen LogP contribution in [-0.4, -0.2) is 0 Å². The summed E-state index contributed by atoms with van der Waals surface area (Å²) in [5, 5.41) is 4.06. The van der Waals surface area contributed by atoms with Crippen LogP contribution in [0.3, 0.4) is 0 Å². The molecule has 0 unspecified atom stereocenters. The Kier molecular flexibility index (Phi) is 4.70. The quantitative estimate of drug-likeness (QED) is 0.690. The van der Waals surface area contributed by atoms with Gasteiger partial charge in [0, 0.05) is 20.8 Å². The van der Waals surface area contributed by atoms with Crippen LogP contribution in [0.5, 0.6) is 0 Å². The molecule has 0 aromatic heterocycles. The lowest BCUT2D eigenvalue weighted by molar-refractivity contribution is 0.626. The topological polar surface area (TPSA) is 12.0 Å². The van der Waals surface area contributed by atoms with E-state index in [0.29, 0.717) is 11.6 Å². The van der Waals surface area contributed by atoms with Crippen molar-refractivity contribution < 1.29 is 4.39 Å². The first-order chi connectivity index (χ1) is 8.56. The summed E-state index contributed by atoms with van der Waals surface area (Å²) >= 11 is 13.7. The molecule has 1 N–H and O–H groups in total. The van der Waals surface area contributed by atoms with Gasteiger partial charge >= 0.3 is 0 Å².